The first-order chi connectivity index (χ1) is 10.1. The Morgan fingerprint density at radius 1 is 1.57 bits per heavy atom. The molecule has 1 aliphatic rings. The molecule has 0 bridgehead atoms. The van der Waals surface area contributed by atoms with Crippen LogP contribution < -0.4 is 5.32 Å². The fourth-order valence-corrected chi connectivity index (χ4v) is 3.43. The van der Waals surface area contributed by atoms with E-state index in [1.165, 1.54) is 0 Å². The Morgan fingerprint density at radius 2 is 2.38 bits per heavy atom. The highest BCUT2D eigenvalue weighted by atomic mass is 32.1. The first kappa shape index (κ1) is 15.8. The van der Waals surface area contributed by atoms with Gasteiger partial charge in [0, 0.05) is 24.4 Å². The van der Waals surface area contributed by atoms with Crippen LogP contribution in [0.15, 0.2) is 17.5 Å². The lowest BCUT2D eigenvalue weighted by molar-refractivity contribution is -0.137. The van der Waals surface area contributed by atoms with Gasteiger partial charge in [0.05, 0.1) is 6.04 Å². The van der Waals surface area contributed by atoms with E-state index >= 15 is 0 Å². The average molecular weight is 310 g/mol. The standard InChI is InChI=1S/C15H22N2O3S/c1-11(13-5-3-9-21-13)16-15(20)17-8-2-4-12(10-17)6-7-14(18)19/h3,5,9,11-12H,2,4,6-8,10H2,1H3,(H,16,20)(H,18,19). The lowest BCUT2D eigenvalue weighted by Crippen LogP contribution is -2.46. The molecule has 2 rings (SSSR count). The number of urea groups is 1. The van der Waals surface area contributed by atoms with Crippen molar-refractivity contribution in [2.45, 2.75) is 38.6 Å². The summed E-state index contributed by atoms with van der Waals surface area (Å²) in [4.78, 5) is 25.9. The number of carbonyl (C=O) groups is 2. The molecule has 2 atom stereocenters. The lowest BCUT2D eigenvalue weighted by atomic mass is 9.93. The number of thiophene rings is 1. The van der Waals surface area contributed by atoms with Crippen molar-refractivity contribution in [3.05, 3.63) is 22.4 Å². The van der Waals surface area contributed by atoms with E-state index in [2.05, 4.69) is 5.32 Å². The van der Waals surface area contributed by atoms with Crippen LogP contribution in [0.3, 0.4) is 0 Å². The number of rotatable bonds is 5. The van der Waals surface area contributed by atoms with E-state index in [0.29, 0.717) is 18.9 Å². The lowest BCUT2D eigenvalue weighted by Gasteiger charge is -2.33. The van der Waals surface area contributed by atoms with Crippen molar-refractivity contribution in [3.63, 3.8) is 0 Å². The zero-order chi connectivity index (χ0) is 15.2. The van der Waals surface area contributed by atoms with E-state index in [1.54, 1.807) is 11.3 Å². The van der Waals surface area contributed by atoms with Gasteiger partial charge in [0.2, 0.25) is 0 Å². The quantitative estimate of drug-likeness (QED) is 0.878. The number of nitrogens with one attached hydrogen (secondary N) is 1. The summed E-state index contributed by atoms with van der Waals surface area (Å²) >= 11 is 1.63. The molecule has 1 saturated heterocycles. The number of carboxylic acid groups (broad SMARTS) is 1. The van der Waals surface area contributed by atoms with E-state index in [4.69, 9.17) is 5.11 Å². The van der Waals surface area contributed by atoms with Crippen LogP contribution in [0, 0.1) is 5.92 Å². The zero-order valence-electron chi connectivity index (χ0n) is 12.2. The fraction of sp³-hybridized carbons (Fsp3) is 0.600. The summed E-state index contributed by atoms with van der Waals surface area (Å²) in [6.45, 7) is 3.40. The predicted molar refractivity (Wildman–Crippen MR) is 82.4 cm³/mol. The SMILES string of the molecule is CC(NC(=O)N1CCCC(CCC(=O)O)C1)c1cccs1. The van der Waals surface area contributed by atoms with Crippen LogP contribution in [0.4, 0.5) is 4.79 Å². The maximum absolute atomic E-state index is 12.3. The van der Waals surface area contributed by atoms with Gasteiger partial charge in [0.1, 0.15) is 0 Å². The van der Waals surface area contributed by atoms with E-state index in [0.717, 1.165) is 24.3 Å². The highest BCUT2D eigenvalue weighted by Crippen LogP contribution is 2.22. The van der Waals surface area contributed by atoms with Crippen molar-refractivity contribution in [1.29, 1.82) is 0 Å². The molecule has 5 nitrogen and oxygen atoms in total. The van der Waals surface area contributed by atoms with Gasteiger partial charge in [-0.05, 0) is 43.6 Å². The van der Waals surface area contributed by atoms with Crippen molar-refractivity contribution in [1.82, 2.24) is 10.2 Å². The van der Waals surface area contributed by atoms with Gasteiger partial charge in [0.25, 0.3) is 0 Å². The Morgan fingerprint density at radius 3 is 3.05 bits per heavy atom. The molecule has 2 heterocycles. The monoisotopic (exact) mass is 310 g/mol. The maximum atomic E-state index is 12.3. The normalized spacial score (nSPS) is 20.0. The van der Waals surface area contributed by atoms with Crippen LogP contribution in [-0.4, -0.2) is 35.1 Å². The molecule has 0 aliphatic carbocycles. The molecule has 6 heteroatoms. The summed E-state index contributed by atoms with van der Waals surface area (Å²) in [5.41, 5.74) is 0. The topological polar surface area (TPSA) is 69.6 Å². The smallest absolute Gasteiger partial charge is 0.317 e. The van der Waals surface area contributed by atoms with E-state index in [9.17, 15) is 9.59 Å². The second-order valence-electron chi connectivity index (χ2n) is 5.57. The van der Waals surface area contributed by atoms with Crippen molar-refractivity contribution in [2.75, 3.05) is 13.1 Å². The molecular weight excluding hydrogens is 288 g/mol. The molecule has 1 fully saturated rings. The van der Waals surface area contributed by atoms with Crippen LogP contribution in [0.1, 0.15) is 43.5 Å². The minimum absolute atomic E-state index is 0.0110. The second-order valence-corrected chi connectivity index (χ2v) is 6.55. The van der Waals surface area contributed by atoms with Gasteiger partial charge in [-0.1, -0.05) is 6.07 Å². The van der Waals surface area contributed by atoms with Gasteiger partial charge in [-0.2, -0.15) is 0 Å². The molecule has 0 spiro atoms. The van der Waals surface area contributed by atoms with Gasteiger partial charge >= 0.3 is 12.0 Å². The number of likely N-dealkylation sites (tertiary alicyclic amines) is 1. The van der Waals surface area contributed by atoms with E-state index < -0.39 is 5.97 Å². The number of hydrogen-bond acceptors (Lipinski definition) is 3. The molecule has 1 aromatic rings. The van der Waals surface area contributed by atoms with Gasteiger partial charge < -0.3 is 15.3 Å². The molecule has 1 aromatic heterocycles. The van der Waals surface area contributed by atoms with Crippen molar-refractivity contribution in [2.24, 2.45) is 5.92 Å². The zero-order valence-corrected chi connectivity index (χ0v) is 13.1. The van der Waals surface area contributed by atoms with Crippen LogP contribution in [0.25, 0.3) is 0 Å². The maximum Gasteiger partial charge on any atom is 0.317 e. The Hall–Kier alpha value is -1.56. The minimum atomic E-state index is -0.761. The van der Waals surface area contributed by atoms with Gasteiger partial charge in [-0.25, -0.2) is 4.79 Å². The minimum Gasteiger partial charge on any atom is -0.481 e. The van der Waals surface area contributed by atoms with Gasteiger partial charge in [0.15, 0.2) is 0 Å². The molecule has 2 N–H and O–H groups in total. The van der Waals surface area contributed by atoms with Crippen LogP contribution in [0.5, 0.6) is 0 Å². The molecule has 2 unspecified atom stereocenters. The number of carboxylic acids is 1. The molecule has 1 aliphatic heterocycles. The largest absolute Gasteiger partial charge is 0.481 e. The summed E-state index contributed by atoms with van der Waals surface area (Å²) in [5.74, 6) is -0.458. The summed E-state index contributed by atoms with van der Waals surface area (Å²) in [6.07, 6.45) is 2.80. The number of aliphatic carboxylic acids is 1. The number of amides is 2. The number of carbonyl (C=O) groups excluding carboxylic acids is 1. The first-order valence-corrected chi connectivity index (χ1v) is 8.25. The molecular formula is C15H22N2O3S. The van der Waals surface area contributed by atoms with Crippen LogP contribution in [-0.2, 0) is 4.79 Å². The summed E-state index contributed by atoms with van der Waals surface area (Å²) in [7, 11) is 0. The highest BCUT2D eigenvalue weighted by Gasteiger charge is 2.25. The van der Waals surface area contributed by atoms with Gasteiger partial charge in [-0.15, -0.1) is 11.3 Å². The molecule has 0 radical (unpaired) electrons. The molecule has 21 heavy (non-hydrogen) atoms. The molecule has 0 saturated carbocycles. The van der Waals surface area contributed by atoms with Crippen molar-refractivity contribution < 1.29 is 14.7 Å². The second kappa shape index (κ2) is 7.45. The average Bonchev–Trinajstić information content (AvgIpc) is 2.99. The summed E-state index contributed by atoms with van der Waals surface area (Å²) < 4.78 is 0. The third-order valence-corrected chi connectivity index (χ3v) is 4.94. The van der Waals surface area contributed by atoms with Crippen molar-refractivity contribution >= 4 is 23.3 Å². The Balaban J connectivity index is 1.82. The number of piperidine rings is 1. The van der Waals surface area contributed by atoms with Crippen LogP contribution >= 0.6 is 11.3 Å². The third-order valence-electron chi connectivity index (χ3n) is 3.88. The molecule has 116 valence electrons. The summed E-state index contributed by atoms with van der Waals surface area (Å²) in [6, 6.07) is 3.96. The molecule has 0 aromatic carbocycles. The third kappa shape index (κ3) is 4.74. The van der Waals surface area contributed by atoms with Crippen molar-refractivity contribution in [3.8, 4) is 0 Å². The number of nitrogens with zero attached hydrogens (tertiary/aromatic N) is 1. The highest BCUT2D eigenvalue weighted by molar-refractivity contribution is 7.10. The Bertz CT molecular complexity index is 475. The Kier molecular flexibility index (Phi) is 5.61. The van der Waals surface area contributed by atoms with E-state index in [-0.39, 0.29) is 18.5 Å². The summed E-state index contributed by atoms with van der Waals surface area (Å²) in [5, 5.41) is 13.8. The van der Waals surface area contributed by atoms with E-state index in [1.807, 2.05) is 29.3 Å². The fourth-order valence-electron chi connectivity index (χ4n) is 2.70. The first-order valence-electron chi connectivity index (χ1n) is 7.37. The Labute approximate surface area is 129 Å². The number of hydrogen-bond donors (Lipinski definition) is 2. The molecule has 2 amide bonds. The predicted octanol–water partition coefficient (Wildman–Crippen LogP) is 3.10. The van der Waals surface area contributed by atoms with Gasteiger partial charge in [-0.3, -0.25) is 4.79 Å². The van der Waals surface area contributed by atoms with Crippen LogP contribution in [0.2, 0.25) is 0 Å².